The number of aryl methyl sites for hydroxylation is 1. The molecule has 1 saturated heterocycles. The monoisotopic (exact) mass is 418 g/mol. The Morgan fingerprint density at radius 1 is 1.24 bits per heavy atom. The van der Waals surface area contributed by atoms with Crippen molar-refractivity contribution in [1.82, 2.24) is 25.4 Å². The van der Waals surface area contributed by atoms with Crippen LogP contribution in [0.1, 0.15) is 38.1 Å². The average molecular weight is 419 g/mol. The Morgan fingerprint density at radius 2 is 2.03 bits per heavy atom. The van der Waals surface area contributed by atoms with Crippen molar-refractivity contribution in [2.45, 2.75) is 45.1 Å². The van der Waals surface area contributed by atoms with E-state index in [0.717, 1.165) is 68.9 Å². The van der Waals surface area contributed by atoms with Crippen LogP contribution < -0.4 is 10.6 Å². The summed E-state index contributed by atoms with van der Waals surface area (Å²) in [5.74, 6) is 1.81. The third-order valence-corrected chi connectivity index (χ3v) is 5.77. The molecule has 0 aliphatic carbocycles. The number of hydrogen-bond donors (Lipinski definition) is 2. The third kappa shape index (κ3) is 5.48. The summed E-state index contributed by atoms with van der Waals surface area (Å²) in [6.45, 7) is 8.65. The lowest BCUT2D eigenvalue weighted by molar-refractivity contribution is 0.0531. The zero-order chi connectivity index (χ0) is 20.5. The normalized spacial score (nSPS) is 16.6. The van der Waals surface area contributed by atoms with Crippen LogP contribution in [-0.4, -0.2) is 53.6 Å². The molecule has 1 aliphatic rings. The van der Waals surface area contributed by atoms with Gasteiger partial charge in [-0.05, 0) is 31.4 Å². The Balaban J connectivity index is 1.70. The fourth-order valence-corrected chi connectivity index (χ4v) is 4.11. The predicted molar refractivity (Wildman–Crippen MR) is 117 cm³/mol. The van der Waals surface area contributed by atoms with Crippen molar-refractivity contribution in [2.75, 3.05) is 32.8 Å². The van der Waals surface area contributed by atoms with Gasteiger partial charge in [0.05, 0.1) is 6.54 Å². The molecule has 158 valence electrons. The Kier molecular flexibility index (Phi) is 7.89. The van der Waals surface area contributed by atoms with Crippen molar-refractivity contribution in [1.29, 1.82) is 0 Å². The highest BCUT2D eigenvalue weighted by Gasteiger charge is 2.36. The van der Waals surface area contributed by atoms with E-state index in [0.29, 0.717) is 6.54 Å². The van der Waals surface area contributed by atoms with E-state index >= 15 is 0 Å². The van der Waals surface area contributed by atoms with Gasteiger partial charge in [-0.2, -0.15) is 0 Å². The number of ether oxygens (including phenoxy) is 1. The molecular formula is C21H31ClN6O. The van der Waals surface area contributed by atoms with Gasteiger partial charge in [0.2, 0.25) is 0 Å². The van der Waals surface area contributed by atoms with E-state index in [1.807, 2.05) is 12.1 Å². The van der Waals surface area contributed by atoms with E-state index in [1.54, 1.807) is 6.33 Å². The van der Waals surface area contributed by atoms with Crippen LogP contribution in [0.4, 0.5) is 0 Å². The summed E-state index contributed by atoms with van der Waals surface area (Å²) < 4.78 is 7.70. The minimum Gasteiger partial charge on any atom is -0.381 e. The zero-order valence-electron chi connectivity index (χ0n) is 17.3. The summed E-state index contributed by atoms with van der Waals surface area (Å²) in [6.07, 6.45) is 4.48. The maximum Gasteiger partial charge on any atom is 0.191 e. The van der Waals surface area contributed by atoms with Gasteiger partial charge < -0.3 is 19.9 Å². The minimum absolute atomic E-state index is 0.0946. The van der Waals surface area contributed by atoms with Gasteiger partial charge in [0.25, 0.3) is 0 Å². The highest BCUT2D eigenvalue weighted by Crippen LogP contribution is 2.38. The molecule has 29 heavy (non-hydrogen) atoms. The topological polar surface area (TPSA) is 76.4 Å². The first kappa shape index (κ1) is 21.6. The standard InChI is InChI=1S/C21H31ClN6O/c1-3-19-27-26-16-28(19)12-11-24-20(23-4-2)25-15-21(9-13-29-14-10-21)17-7-5-6-8-18(17)22/h5-8,16H,3-4,9-15H2,1-2H3,(H2,23,24,25). The van der Waals surface area contributed by atoms with E-state index < -0.39 is 0 Å². The number of nitrogens with zero attached hydrogens (tertiary/aromatic N) is 4. The van der Waals surface area contributed by atoms with Gasteiger partial charge in [-0.3, -0.25) is 4.99 Å². The van der Waals surface area contributed by atoms with E-state index in [-0.39, 0.29) is 5.41 Å². The maximum atomic E-state index is 6.56. The second-order valence-electron chi connectivity index (χ2n) is 7.29. The number of hydrogen-bond acceptors (Lipinski definition) is 4. The molecular weight excluding hydrogens is 388 g/mol. The van der Waals surface area contributed by atoms with Gasteiger partial charge in [-0.15, -0.1) is 10.2 Å². The van der Waals surface area contributed by atoms with Crippen molar-refractivity contribution >= 4 is 17.6 Å². The van der Waals surface area contributed by atoms with Gasteiger partial charge in [0.1, 0.15) is 12.2 Å². The molecule has 1 aromatic carbocycles. The van der Waals surface area contributed by atoms with Crippen LogP contribution in [0.3, 0.4) is 0 Å². The summed E-state index contributed by atoms with van der Waals surface area (Å²) in [7, 11) is 0. The second-order valence-corrected chi connectivity index (χ2v) is 7.70. The highest BCUT2D eigenvalue weighted by molar-refractivity contribution is 6.31. The van der Waals surface area contributed by atoms with E-state index in [1.165, 1.54) is 5.56 Å². The molecule has 7 nitrogen and oxygen atoms in total. The molecule has 8 heteroatoms. The van der Waals surface area contributed by atoms with Gasteiger partial charge >= 0.3 is 0 Å². The van der Waals surface area contributed by atoms with Crippen molar-refractivity contribution in [3.05, 3.63) is 47.0 Å². The average Bonchev–Trinajstić information content (AvgIpc) is 3.20. The van der Waals surface area contributed by atoms with Gasteiger partial charge in [0.15, 0.2) is 5.96 Å². The molecule has 0 bridgehead atoms. The number of benzene rings is 1. The fraction of sp³-hybridized carbons (Fsp3) is 0.571. The van der Waals surface area contributed by atoms with Gasteiger partial charge in [-0.25, -0.2) is 0 Å². The minimum atomic E-state index is -0.0946. The molecule has 0 spiro atoms. The third-order valence-electron chi connectivity index (χ3n) is 5.44. The van der Waals surface area contributed by atoms with Crippen LogP contribution in [0, 0.1) is 0 Å². The number of halogens is 1. The van der Waals surface area contributed by atoms with Crippen molar-refractivity contribution in [3.63, 3.8) is 0 Å². The van der Waals surface area contributed by atoms with Gasteiger partial charge in [-0.1, -0.05) is 36.7 Å². The summed E-state index contributed by atoms with van der Waals surface area (Å²) in [6, 6.07) is 8.12. The number of rotatable bonds is 8. The number of nitrogens with one attached hydrogen (secondary N) is 2. The second kappa shape index (κ2) is 10.6. The number of guanidine groups is 1. The molecule has 0 atom stereocenters. The molecule has 2 heterocycles. The molecule has 0 saturated carbocycles. The first-order valence-electron chi connectivity index (χ1n) is 10.4. The quantitative estimate of drug-likeness (QED) is 0.509. The van der Waals surface area contributed by atoms with E-state index in [9.17, 15) is 0 Å². The maximum absolute atomic E-state index is 6.56. The number of aromatic nitrogens is 3. The van der Waals surface area contributed by atoms with Crippen molar-refractivity contribution in [2.24, 2.45) is 4.99 Å². The first-order chi connectivity index (χ1) is 14.2. The summed E-state index contributed by atoms with van der Waals surface area (Å²) in [4.78, 5) is 4.93. The highest BCUT2D eigenvalue weighted by atomic mass is 35.5. The largest absolute Gasteiger partial charge is 0.381 e. The summed E-state index contributed by atoms with van der Waals surface area (Å²) >= 11 is 6.56. The predicted octanol–water partition coefficient (Wildman–Crippen LogP) is 2.80. The Hall–Kier alpha value is -2.12. The van der Waals surface area contributed by atoms with Crippen LogP contribution >= 0.6 is 11.6 Å². The Labute approximate surface area is 177 Å². The van der Waals surface area contributed by atoms with Crippen LogP contribution in [0.15, 0.2) is 35.6 Å². The molecule has 0 radical (unpaired) electrons. The van der Waals surface area contributed by atoms with Crippen molar-refractivity contribution < 1.29 is 4.74 Å². The molecule has 0 amide bonds. The Bertz CT molecular complexity index is 800. The fourth-order valence-electron chi connectivity index (χ4n) is 3.77. The van der Waals surface area contributed by atoms with Gasteiger partial charge in [0, 0.05) is 49.7 Å². The summed E-state index contributed by atoms with van der Waals surface area (Å²) in [5, 5.41) is 15.7. The van der Waals surface area contributed by atoms with Crippen LogP contribution in [0.25, 0.3) is 0 Å². The number of aliphatic imine (C=N–C) groups is 1. The SMILES string of the molecule is CCNC(=NCC1(c2ccccc2Cl)CCOCC1)NCCn1cnnc1CC. The van der Waals surface area contributed by atoms with E-state index in [2.05, 4.69) is 51.4 Å². The van der Waals surface area contributed by atoms with E-state index in [4.69, 9.17) is 21.3 Å². The lowest BCUT2D eigenvalue weighted by Gasteiger charge is -2.37. The smallest absolute Gasteiger partial charge is 0.191 e. The zero-order valence-corrected chi connectivity index (χ0v) is 18.1. The lowest BCUT2D eigenvalue weighted by Crippen LogP contribution is -2.42. The van der Waals surface area contributed by atoms with Crippen molar-refractivity contribution in [3.8, 4) is 0 Å². The molecule has 1 aliphatic heterocycles. The molecule has 1 fully saturated rings. The molecule has 2 aromatic rings. The lowest BCUT2D eigenvalue weighted by atomic mass is 9.74. The van der Waals surface area contributed by atoms with Crippen LogP contribution in [0.2, 0.25) is 5.02 Å². The molecule has 2 N–H and O–H groups in total. The Morgan fingerprint density at radius 3 is 2.76 bits per heavy atom. The molecule has 3 rings (SSSR count). The van der Waals surface area contributed by atoms with Crippen LogP contribution in [0.5, 0.6) is 0 Å². The summed E-state index contributed by atoms with van der Waals surface area (Å²) in [5.41, 5.74) is 1.07. The van der Waals surface area contributed by atoms with Crippen LogP contribution in [-0.2, 0) is 23.1 Å². The molecule has 0 unspecified atom stereocenters. The first-order valence-corrected chi connectivity index (χ1v) is 10.8. The molecule has 1 aromatic heterocycles.